The molecular formula is C10H15N3S. The molecule has 2 heterocycles. The second-order valence-corrected chi connectivity index (χ2v) is 5.27. The minimum atomic E-state index is 0.240. The van der Waals surface area contributed by atoms with E-state index in [9.17, 15) is 0 Å². The molecule has 3 N–H and O–H groups in total. The maximum atomic E-state index is 5.94. The maximum Gasteiger partial charge on any atom is 0.101 e. The number of nitrogens with zero attached hydrogens (tertiary/aromatic N) is 1. The Bertz CT molecular complexity index is 350. The fourth-order valence-corrected chi connectivity index (χ4v) is 4.06. The highest BCUT2D eigenvalue weighted by atomic mass is 32.1. The van der Waals surface area contributed by atoms with Crippen LogP contribution in [-0.2, 0) is 5.41 Å². The first kappa shape index (κ1) is 8.83. The Hall–Kier alpha value is -0.450. The van der Waals surface area contributed by atoms with Crippen molar-refractivity contribution in [1.82, 2.24) is 10.3 Å². The van der Waals surface area contributed by atoms with Gasteiger partial charge in [-0.1, -0.05) is 0 Å². The lowest BCUT2D eigenvalue weighted by Gasteiger charge is -2.16. The van der Waals surface area contributed by atoms with Crippen molar-refractivity contribution in [1.29, 1.82) is 0 Å². The lowest BCUT2D eigenvalue weighted by Crippen LogP contribution is -2.31. The first-order chi connectivity index (χ1) is 6.79. The molecule has 0 spiro atoms. The predicted octanol–water partition coefficient (Wildman–Crippen LogP) is 0.497. The van der Waals surface area contributed by atoms with Crippen molar-refractivity contribution in [3.05, 3.63) is 16.1 Å². The molecule has 1 aromatic rings. The number of nitrogens with two attached hydrogens (primary N) is 1. The Morgan fingerprint density at radius 2 is 2.36 bits per heavy atom. The van der Waals surface area contributed by atoms with Crippen LogP contribution in [0.5, 0.6) is 0 Å². The largest absolute Gasteiger partial charge is 0.329 e. The van der Waals surface area contributed by atoms with Gasteiger partial charge in [-0.25, -0.2) is 4.98 Å². The van der Waals surface area contributed by atoms with Gasteiger partial charge in [-0.2, -0.15) is 0 Å². The molecule has 14 heavy (non-hydrogen) atoms. The number of fused-ring (bicyclic) bond motifs is 1. The summed E-state index contributed by atoms with van der Waals surface area (Å²) in [7, 11) is 0. The van der Waals surface area contributed by atoms with Crippen molar-refractivity contribution in [2.45, 2.75) is 12.3 Å². The molecule has 2 aliphatic rings. The molecule has 1 aliphatic carbocycles. The zero-order chi connectivity index (χ0) is 9.76. The van der Waals surface area contributed by atoms with E-state index in [0.717, 1.165) is 37.2 Å². The van der Waals surface area contributed by atoms with Crippen molar-refractivity contribution < 1.29 is 0 Å². The third kappa shape index (κ3) is 0.912. The summed E-state index contributed by atoms with van der Waals surface area (Å²) >= 11 is 1.78. The van der Waals surface area contributed by atoms with Crippen molar-refractivity contribution in [3.63, 3.8) is 0 Å². The number of aromatic nitrogens is 1. The van der Waals surface area contributed by atoms with Gasteiger partial charge in [0.25, 0.3) is 0 Å². The summed E-state index contributed by atoms with van der Waals surface area (Å²) in [4.78, 5) is 4.61. The molecule has 2 fully saturated rings. The van der Waals surface area contributed by atoms with Crippen LogP contribution < -0.4 is 11.1 Å². The first-order valence-electron chi connectivity index (χ1n) is 5.12. The van der Waals surface area contributed by atoms with Crippen molar-refractivity contribution in [2.75, 3.05) is 19.6 Å². The van der Waals surface area contributed by atoms with Crippen LogP contribution in [0.3, 0.4) is 0 Å². The Kier molecular flexibility index (Phi) is 1.75. The number of hydrogen-bond acceptors (Lipinski definition) is 4. The SMILES string of the molecule is Cc1csc([C@]2(CN)[C@@H]3CNC[C@@H]32)n1. The number of rotatable bonds is 2. The van der Waals surface area contributed by atoms with Crippen molar-refractivity contribution >= 4 is 11.3 Å². The highest BCUT2D eigenvalue weighted by Crippen LogP contribution is 2.61. The third-order valence-corrected chi connectivity index (χ3v) is 4.94. The molecule has 3 nitrogen and oxygen atoms in total. The van der Waals surface area contributed by atoms with Gasteiger partial charge in [0.15, 0.2) is 0 Å². The van der Waals surface area contributed by atoms with Gasteiger partial charge in [-0.3, -0.25) is 0 Å². The van der Waals surface area contributed by atoms with Gasteiger partial charge in [0.05, 0.1) is 0 Å². The van der Waals surface area contributed by atoms with E-state index in [4.69, 9.17) is 5.73 Å². The van der Waals surface area contributed by atoms with E-state index in [2.05, 4.69) is 22.6 Å². The molecule has 1 saturated heterocycles. The van der Waals surface area contributed by atoms with Crippen LogP contribution in [0.2, 0.25) is 0 Å². The molecule has 4 heteroatoms. The summed E-state index contributed by atoms with van der Waals surface area (Å²) in [6, 6.07) is 0. The molecule has 0 unspecified atom stereocenters. The van der Waals surface area contributed by atoms with Gasteiger partial charge < -0.3 is 11.1 Å². The second-order valence-electron chi connectivity index (χ2n) is 4.41. The van der Waals surface area contributed by atoms with E-state index in [-0.39, 0.29) is 5.41 Å². The first-order valence-corrected chi connectivity index (χ1v) is 6.00. The topological polar surface area (TPSA) is 50.9 Å². The van der Waals surface area contributed by atoms with E-state index in [1.807, 2.05) is 0 Å². The molecule has 3 atom stereocenters. The number of hydrogen-bond donors (Lipinski definition) is 2. The van der Waals surface area contributed by atoms with Gasteiger partial charge in [0.2, 0.25) is 0 Å². The van der Waals surface area contributed by atoms with Gasteiger partial charge >= 0.3 is 0 Å². The fraction of sp³-hybridized carbons (Fsp3) is 0.700. The van der Waals surface area contributed by atoms with E-state index in [1.54, 1.807) is 11.3 Å². The van der Waals surface area contributed by atoms with Crippen LogP contribution in [0.4, 0.5) is 0 Å². The Morgan fingerprint density at radius 1 is 1.64 bits per heavy atom. The van der Waals surface area contributed by atoms with Crippen LogP contribution >= 0.6 is 11.3 Å². The van der Waals surface area contributed by atoms with Gasteiger partial charge in [-0.05, 0) is 31.8 Å². The van der Waals surface area contributed by atoms with Gasteiger partial charge in [0.1, 0.15) is 5.01 Å². The molecule has 0 radical (unpaired) electrons. The number of piperidine rings is 1. The molecule has 0 amide bonds. The minimum Gasteiger partial charge on any atom is -0.329 e. The normalized spacial score (nSPS) is 39.9. The lowest BCUT2D eigenvalue weighted by atomic mass is 10.0. The number of nitrogens with one attached hydrogen (secondary N) is 1. The van der Waals surface area contributed by atoms with Crippen LogP contribution in [0.1, 0.15) is 10.7 Å². The molecule has 0 bridgehead atoms. The van der Waals surface area contributed by atoms with E-state index in [0.29, 0.717) is 0 Å². The second kappa shape index (κ2) is 2.78. The summed E-state index contributed by atoms with van der Waals surface area (Å²) in [5.41, 5.74) is 7.31. The fourth-order valence-electron chi connectivity index (χ4n) is 2.92. The average molecular weight is 209 g/mol. The molecule has 3 rings (SSSR count). The Labute approximate surface area is 87.7 Å². The number of thiazole rings is 1. The monoisotopic (exact) mass is 209 g/mol. The lowest BCUT2D eigenvalue weighted by molar-refractivity contribution is 0.523. The standard InChI is InChI=1S/C10H15N3S/c1-6-4-14-9(13-6)10(5-11)7-2-12-3-8(7)10/h4,7-8,12H,2-3,5,11H2,1H3/t7-,8+,10-. The third-order valence-electron chi connectivity index (χ3n) is 3.78. The molecular weight excluding hydrogens is 194 g/mol. The molecule has 1 saturated carbocycles. The molecule has 1 aliphatic heterocycles. The highest BCUT2D eigenvalue weighted by Gasteiger charge is 2.67. The summed E-state index contributed by atoms with van der Waals surface area (Å²) in [5.74, 6) is 1.50. The van der Waals surface area contributed by atoms with Gasteiger partial charge in [-0.15, -0.1) is 11.3 Å². The summed E-state index contributed by atoms with van der Waals surface area (Å²) < 4.78 is 0. The summed E-state index contributed by atoms with van der Waals surface area (Å²) in [5, 5.41) is 6.81. The zero-order valence-corrected chi connectivity index (χ0v) is 9.10. The summed E-state index contributed by atoms with van der Waals surface area (Å²) in [6.07, 6.45) is 0. The summed E-state index contributed by atoms with van der Waals surface area (Å²) in [6.45, 7) is 5.07. The smallest absolute Gasteiger partial charge is 0.101 e. The van der Waals surface area contributed by atoms with E-state index < -0.39 is 0 Å². The van der Waals surface area contributed by atoms with Crippen molar-refractivity contribution in [2.24, 2.45) is 17.6 Å². The molecule has 76 valence electrons. The van der Waals surface area contributed by atoms with Crippen LogP contribution in [0, 0.1) is 18.8 Å². The Morgan fingerprint density at radius 3 is 2.86 bits per heavy atom. The molecule has 0 aromatic carbocycles. The van der Waals surface area contributed by atoms with Crippen LogP contribution in [-0.4, -0.2) is 24.6 Å². The van der Waals surface area contributed by atoms with E-state index >= 15 is 0 Å². The number of aryl methyl sites for hydroxylation is 1. The quantitative estimate of drug-likeness (QED) is 0.745. The van der Waals surface area contributed by atoms with Crippen LogP contribution in [0.25, 0.3) is 0 Å². The van der Waals surface area contributed by atoms with E-state index in [1.165, 1.54) is 5.01 Å². The van der Waals surface area contributed by atoms with Crippen molar-refractivity contribution in [3.8, 4) is 0 Å². The van der Waals surface area contributed by atoms with Gasteiger partial charge in [0, 0.05) is 23.0 Å². The minimum absolute atomic E-state index is 0.240. The Balaban J connectivity index is 1.96. The zero-order valence-electron chi connectivity index (χ0n) is 8.29. The molecule has 1 aromatic heterocycles. The average Bonchev–Trinajstić information content (AvgIpc) is 2.66. The van der Waals surface area contributed by atoms with Crippen LogP contribution in [0.15, 0.2) is 5.38 Å². The highest BCUT2D eigenvalue weighted by molar-refractivity contribution is 7.09. The maximum absolute atomic E-state index is 5.94. The predicted molar refractivity (Wildman–Crippen MR) is 57.4 cm³/mol.